The molecule has 0 amide bonds. The van der Waals surface area contributed by atoms with Crippen LogP contribution in [0.25, 0.3) is 0 Å². The maximum atomic E-state index is 10.5. The van der Waals surface area contributed by atoms with Gasteiger partial charge >= 0.3 is 12.4 Å². The lowest BCUT2D eigenvalue weighted by atomic mass is 10.00. The summed E-state index contributed by atoms with van der Waals surface area (Å²) in [5, 5.41) is 17.6. The van der Waals surface area contributed by atoms with Crippen molar-refractivity contribution in [1.82, 2.24) is 0 Å². The molecule has 2 heterocycles. The van der Waals surface area contributed by atoms with Gasteiger partial charge in [0, 0.05) is 24.0 Å². The van der Waals surface area contributed by atoms with Crippen LogP contribution in [-0.4, -0.2) is 98.8 Å². The first kappa shape index (κ1) is 53.2. The van der Waals surface area contributed by atoms with Gasteiger partial charge in [0.25, 0.3) is 0 Å². The molecule has 4 N–H and O–H groups in total. The number of nitrogens with two attached hydrogens (primary N) is 2. The predicted octanol–water partition coefficient (Wildman–Crippen LogP) is 6.13. The summed E-state index contributed by atoms with van der Waals surface area (Å²) < 4.78 is 75.9. The molecular weight excluding hydrogens is 843 g/mol. The third-order valence-electron chi connectivity index (χ3n) is 11.4. The molecule has 352 valence electrons. The van der Waals surface area contributed by atoms with Gasteiger partial charge in [-0.15, -0.1) is 0 Å². The van der Waals surface area contributed by atoms with Crippen molar-refractivity contribution in [2.45, 2.75) is 88.9 Å². The summed E-state index contributed by atoms with van der Waals surface area (Å²) in [5.74, 6) is -4.16. The van der Waals surface area contributed by atoms with Crippen LogP contribution in [0.1, 0.15) is 60.8 Å². The number of methoxy groups -OCH3 is 2. The average Bonchev–Trinajstić information content (AvgIpc) is 3.25. The smallest absolute Gasteiger partial charge is 0.430 e. The van der Waals surface area contributed by atoms with Crippen molar-refractivity contribution in [3.63, 3.8) is 0 Å². The number of carbonyl (C=O) groups excluding carboxylic acids is 2. The van der Waals surface area contributed by atoms with Crippen LogP contribution in [0.3, 0.4) is 0 Å². The first-order chi connectivity index (χ1) is 30.3. The molecule has 2 saturated heterocycles. The van der Waals surface area contributed by atoms with Crippen LogP contribution in [0, 0.1) is 0 Å². The lowest BCUT2D eigenvalue weighted by Gasteiger charge is -2.44. The number of rotatable bonds is 14. The number of ether oxygens (including phenoxy) is 2. The van der Waals surface area contributed by atoms with Gasteiger partial charge < -0.3 is 49.7 Å². The summed E-state index contributed by atoms with van der Waals surface area (Å²) in [5.41, 5.74) is 18.3. The molecule has 6 rings (SSSR count). The lowest BCUT2D eigenvalue weighted by Crippen LogP contribution is -2.57. The summed E-state index contributed by atoms with van der Waals surface area (Å²) in [6, 6.07) is 39.4. The zero-order valence-electron chi connectivity index (χ0n) is 36.6. The van der Waals surface area contributed by atoms with E-state index in [2.05, 4.69) is 109 Å². The zero-order valence-corrected chi connectivity index (χ0v) is 36.6. The Kier molecular flexibility index (Phi) is 21.6. The maximum Gasteiger partial charge on any atom is 0.430 e. The number of likely N-dealkylation sites (tertiary alicyclic amines) is 2. The number of quaternary nitrogens is 2. The number of alkyl halides is 6. The molecule has 64 heavy (non-hydrogen) atoms. The Hall–Kier alpha value is -5.16. The van der Waals surface area contributed by atoms with Crippen LogP contribution in [0.5, 0.6) is 11.5 Å². The molecule has 2 aliphatic heterocycles. The molecule has 0 bridgehead atoms. The molecule has 10 nitrogen and oxygen atoms in total. The van der Waals surface area contributed by atoms with Gasteiger partial charge in [-0.3, -0.25) is 0 Å². The summed E-state index contributed by atoms with van der Waals surface area (Å²) >= 11 is 0. The predicted molar refractivity (Wildman–Crippen MR) is 229 cm³/mol. The molecule has 4 unspecified atom stereocenters. The Balaban J connectivity index is 0.000000263. The number of hydrogen-bond acceptors (Lipinski definition) is 8. The molecule has 2 fully saturated rings. The summed E-state index contributed by atoms with van der Waals surface area (Å²) in [7, 11) is 3.43. The highest BCUT2D eigenvalue weighted by atomic mass is 19.4. The van der Waals surface area contributed by atoms with Crippen LogP contribution < -0.4 is 31.2 Å². The van der Waals surface area contributed by atoms with E-state index >= 15 is 0 Å². The van der Waals surface area contributed by atoms with E-state index < -0.39 is 24.3 Å². The van der Waals surface area contributed by atoms with E-state index in [9.17, 15) is 26.3 Å². The summed E-state index contributed by atoms with van der Waals surface area (Å²) in [6.45, 7) is 9.35. The highest BCUT2D eigenvalue weighted by Gasteiger charge is 2.35. The number of aryl methyl sites for hydroxylation is 2. The second kappa shape index (κ2) is 26.0. The topological polar surface area (TPSA) is 151 Å². The van der Waals surface area contributed by atoms with Crippen LogP contribution in [0.2, 0.25) is 0 Å². The van der Waals surface area contributed by atoms with Gasteiger partial charge in [0.2, 0.25) is 0 Å². The second-order valence-electron chi connectivity index (χ2n) is 16.5. The number of carbonyl (C=O) groups is 2. The fourth-order valence-electron chi connectivity index (χ4n) is 8.35. The van der Waals surface area contributed by atoms with E-state index in [0.29, 0.717) is 12.1 Å². The normalized spacial score (nSPS) is 20.7. The number of carboxylic acids is 2. The Bertz CT molecular complexity index is 1800. The monoisotopic (exact) mass is 904 g/mol. The number of piperidine rings is 2. The van der Waals surface area contributed by atoms with E-state index in [1.54, 1.807) is 14.2 Å². The number of halogens is 6. The van der Waals surface area contributed by atoms with Crippen molar-refractivity contribution < 1.29 is 64.6 Å². The van der Waals surface area contributed by atoms with E-state index in [-0.39, 0.29) is 0 Å². The molecular formula is C48H62F6N4O6. The number of benzene rings is 4. The van der Waals surface area contributed by atoms with Crippen molar-refractivity contribution in [2.75, 3.05) is 53.5 Å². The van der Waals surface area contributed by atoms with E-state index in [1.807, 2.05) is 0 Å². The van der Waals surface area contributed by atoms with Gasteiger partial charge in [-0.2, -0.15) is 26.3 Å². The first-order valence-electron chi connectivity index (χ1n) is 21.4. The van der Waals surface area contributed by atoms with Crippen molar-refractivity contribution in [3.05, 3.63) is 131 Å². The van der Waals surface area contributed by atoms with Crippen molar-refractivity contribution in [1.29, 1.82) is 0 Å². The molecule has 0 radical (unpaired) electrons. The highest BCUT2D eigenvalue weighted by molar-refractivity contribution is 5.71. The largest absolute Gasteiger partial charge is 0.542 e. The van der Waals surface area contributed by atoms with Gasteiger partial charge in [0.05, 0.1) is 65.6 Å². The number of nitrogens with zero attached hydrogens (tertiary/aromatic N) is 2. The molecule has 0 aliphatic carbocycles. The van der Waals surface area contributed by atoms with Crippen LogP contribution >= 0.6 is 0 Å². The Morgan fingerprint density at radius 2 is 0.875 bits per heavy atom. The van der Waals surface area contributed by atoms with Gasteiger partial charge in [-0.1, -0.05) is 84.9 Å². The SMILES string of the molecule is COc1ccc(CCC[N+]2(Cc3ccccc3)CCCC(N)C2)cc1.COc1ccc(CCC[N+]2(Cc3ccccc3)CCCC(N)C2)cc1.O=C([O-])C(F)(F)F.O=C([O-])C(F)(F)F. The van der Waals surface area contributed by atoms with Gasteiger partial charge in [-0.25, -0.2) is 0 Å². The van der Waals surface area contributed by atoms with E-state index in [4.69, 9.17) is 40.7 Å². The van der Waals surface area contributed by atoms with Gasteiger partial charge in [-0.05, 0) is 73.9 Å². The summed E-state index contributed by atoms with van der Waals surface area (Å²) in [6.07, 6.45) is -0.909. The first-order valence-corrected chi connectivity index (χ1v) is 21.4. The molecule has 0 spiro atoms. The number of aliphatic carboxylic acids is 2. The van der Waals surface area contributed by atoms with Gasteiger partial charge in [0.15, 0.2) is 0 Å². The van der Waals surface area contributed by atoms with E-state index in [1.165, 1.54) is 87.0 Å². The zero-order chi connectivity index (χ0) is 47.2. The van der Waals surface area contributed by atoms with Gasteiger partial charge in [0.1, 0.15) is 36.5 Å². The molecule has 4 aromatic carbocycles. The Labute approximate surface area is 372 Å². The fraction of sp³-hybridized carbons (Fsp3) is 0.458. The van der Waals surface area contributed by atoms with Crippen molar-refractivity contribution in [3.8, 4) is 11.5 Å². The fourth-order valence-corrected chi connectivity index (χ4v) is 8.35. The van der Waals surface area contributed by atoms with Crippen molar-refractivity contribution in [2.24, 2.45) is 11.5 Å². The van der Waals surface area contributed by atoms with Crippen LogP contribution in [0.4, 0.5) is 26.3 Å². The molecule has 2 aliphatic rings. The van der Waals surface area contributed by atoms with Crippen molar-refractivity contribution >= 4 is 11.9 Å². The summed E-state index contributed by atoms with van der Waals surface area (Å²) in [4.78, 5) is 17.6. The standard InChI is InChI=1S/2C22H31N2O.2C2HF3O2/c2*1-25-22-13-11-19(12-14-22)9-5-15-24(16-6-10-21(23)18-24)17-20-7-3-2-4-8-20;2*3-2(4,5)1(6)7/h2*2-4,7-8,11-14,21H,5-6,9-10,15-18,23H2,1H3;2*(H,6,7)/q2*+1;;/p-2. The molecule has 0 saturated carbocycles. The third kappa shape index (κ3) is 19.7. The third-order valence-corrected chi connectivity index (χ3v) is 11.4. The molecule has 4 aromatic rings. The maximum absolute atomic E-state index is 10.5. The highest BCUT2D eigenvalue weighted by Crippen LogP contribution is 2.26. The Morgan fingerprint density at radius 1 is 0.562 bits per heavy atom. The van der Waals surface area contributed by atoms with Crippen LogP contribution in [-0.2, 0) is 35.5 Å². The molecule has 4 atom stereocenters. The number of carboxylic acid groups (broad SMARTS) is 2. The minimum absolute atomic E-state index is 0.346. The number of hydrogen-bond donors (Lipinski definition) is 2. The quantitative estimate of drug-likeness (QED) is 0.113. The minimum Gasteiger partial charge on any atom is -0.542 e. The molecule has 0 aromatic heterocycles. The second-order valence-corrected chi connectivity index (χ2v) is 16.5. The minimum atomic E-state index is -5.19. The Morgan fingerprint density at radius 3 is 1.14 bits per heavy atom. The average molecular weight is 905 g/mol. The van der Waals surface area contributed by atoms with E-state index in [0.717, 1.165) is 59.5 Å². The molecule has 16 heteroatoms. The van der Waals surface area contributed by atoms with Crippen LogP contribution in [0.15, 0.2) is 109 Å². The lowest BCUT2D eigenvalue weighted by molar-refractivity contribution is -0.946.